The quantitative estimate of drug-likeness (QED) is 0.786. The number of thiocarbonyl (C=S) groups is 1. The van der Waals surface area contributed by atoms with Gasteiger partial charge in [0.25, 0.3) is 0 Å². The van der Waals surface area contributed by atoms with E-state index in [-0.39, 0.29) is 12.3 Å². The number of ether oxygens (including phenoxy) is 1. The van der Waals surface area contributed by atoms with E-state index in [0.717, 1.165) is 5.56 Å². The van der Waals surface area contributed by atoms with Crippen molar-refractivity contribution in [1.82, 2.24) is 4.90 Å². The Bertz CT molecular complexity index is 494. The highest BCUT2D eigenvalue weighted by molar-refractivity contribution is 7.80. The lowest BCUT2D eigenvalue weighted by Crippen LogP contribution is -2.30. The van der Waals surface area contributed by atoms with Gasteiger partial charge in [-0.3, -0.25) is 4.79 Å². The van der Waals surface area contributed by atoms with Gasteiger partial charge in [0.15, 0.2) is 0 Å². The molecule has 2 N–H and O–H groups in total. The van der Waals surface area contributed by atoms with Crippen LogP contribution in [0.1, 0.15) is 18.4 Å². The SMILES string of the molecule is Cc1ccc(OCCC(=O)N(C)CCC(N)=S)c(Cl)c1. The van der Waals surface area contributed by atoms with Crippen LogP contribution in [0.3, 0.4) is 0 Å². The zero-order valence-electron chi connectivity index (χ0n) is 11.7. The van der Waals surface area contributed by atoms with E-state index in [1.54, 1.807) is 18.0 Å². The Morgan fingerprint density at radius 2 is 2.15 bits per heavy atom. The number of amides is 1. The first kappa shape index (κ1) is 16.7. The standard InChI is InChI=1S/C14H19ClN2O2S/c1-10-3-4-12(11(15)9-10)19-8-6-14(18)17(2)7-5-13(16)20/h3-4,9H,5-8H2,1-2H3,(H2,16,20). The van der Waals surface area contributed by atoms with Crippen molar-refractivity contribution in [2.24, 2.45) is 5.73 Å². The van der Waals surface area contributed by atoms with Gasteiger partial charge in [0.2, 0.25) is 5.91 Å². The van der Waals surface area contributed by atoms with Crippen molar-refractivity contribution in [3.63, 3.8) is 0 Å². The van der Waals surface area contributed by atoms with Gasteiger partial charge in [-0.25, -0.2) is 0 Å². The smallest absolute Gasteiger partial charge is 0.225 e. The fourth-order valence-corrected chi connectivity index (χ4v) is 1.95. The molecule has 1 aromatic rings. The second-order valence-electron chi connectivity index (χ2n) is 4.56. The average Bonchev–Trinajstić information content (AvgIpc) is 2.38. The molecular weight excluding hydrogens is 296 g/mol. The molecule has 0 saturated carbocycles. The first-order valence-electron chi connectivity index (χ1n) is 6.31. The summed E-state index contributed by atoms with van der Waals surface area (Å²) in [6.07, 6.45) is 0.820. The molecule has 0 bridgehead atoms. The van der Waals surface area contributed by atoms with Crippen LogP contribution < -0.4 is 10.5 Å². The Hall–Kier alpha value is -1.33. The summed E-state index contributed by atoms with van der Waals surface area (Å²) in [4.78, 5) is 13.8. The fraction of sp³-hybridized carbons (Fsp3) is 0.429. The maximum Gasteiger partial charge on any atom is 0.225 e. The minimum Gasteiger partial charge on any atom is -0.491 e. The lowest BCUT2D eigenvalue weighted by Gasteiger charge is -2.17. The van der Waals surface area contributed by atoms with Crippen molar-refractivity contribution in [2.45, 2.75) is 19.8 Å². The van der Waals surface area contributed by atoms with Crippen LogP contribution in [0.4, 0.5) is 0 Å². The third-order valence-electron chi connectivity index (χ3n) is 2.78. The van der Waals surface area contributed by atoms with Crippen molar-refractivity contribution in [2.75, 3.05) is 20.2 Å². The second-order valence-corrected chi connectivity index (χ2v) is 5.50. The van der Waals surface area contributed by atoms with Crippen LogP contribution in [0, 0.1) is 6.92 Å². The first-order valence-corrected chi connectivity index (χ1v) is 7.10. The fourth-order valence-electron chi connectivity index (χ4n) is 1.56. The molecule has 0 fully saturated rings. The average molecular weight is 315 g/mol. The largest absolute Gasteiger partial charge is 0.491 e. The summed E-state index contributed by atoms with van der Waals surface area (Å²) in [7, 11) is 1.72. The van der Waals surface area contributed by atoms with E-state index < -0.39 is 0 Å². The van der Waals surface area contributed by atoms with E-state index in [9.17, 15) is 4.79 Å². The Kier molecular flexibility index (Phi) is 6.75. The van der Waals surface area contributed by atoms with E-state index in [1.807, 2.05) is 19.1 Å². The van der Waals surface area contributed by atoms with Crippen molar-refractivity contribution in [1.29, 1.82) is 0 Å². The molecule has 6 heteroatoms. The van der Waals surface area contributed by atoms with Crippen LogP contribution in [0.2, 0.25) is 5.02 Å². The predicted molar refractivity (Wildman–Crippen MR) is 85.3 cm³/mol. The summed E-state index contributed by atoms with van der Waals surface area (Å²) >= 11 is 10.8. The number of aryl methyl sites for hydroxylation is 1. The van der Waals surface area contributed by atoms with Gasteiger partial charge in [0.1, 0.15) is 5.75 Å². The molecule has 0 aromatic heterocycles. The minimum absolute atomic E-state index is 0.00974. The van der Waals surface area contributed by atoms with Crippen molar-refractivity contribution >= 4 is 34.7 Å². The monoisotopic (exact) mass is 314 g/mol. The zero-order valence-corrected chi connectivity index (χ0v) is 13.3. The van der Waals surface area contributed by atoms with Gasteiger partial charge >= 0.3 is 0 Å². The normalized spacial score (nSPS) is 10.2. The molecule has 0 aliphatic rings. The van der Waals surface area contributed by atoms with Crippen LogP contribution in [0.5, 0.6) is 5.75 Å². The molecule has 110 valence electrons. The molecule has 0 heterocycles. The molecule has 0 saturated heterocycles. The minimum atomic E-state index is -0.00974. The van der Waals surface area contributed by atoms with Crippen LogP contribution in [0.25, 0.3) is 0 Å². The van der Waals surface area contributed by atoms with Gasteiger partial charge in [0, 0.05) is 20.0 Å². The van der Waals surface area contributed by atoms with Crippen LogP contribution in [0.15, 0.2) is 18.2 Å². The number of nitrogens with zero attached hydrogens (tertiary/aromatic N) is 1. The third kappa shape index (κ3) is 5.75. The van der Waals surface area contributed by atoms with Crippen molar-refractivity contribution in [3.8, 4) is 5.75 Å². The molecule has 20 heavy (non-hydrogen) atoms. The molecule has 1 aromatic carbocycles. The third-order valence-corrected chi connectivity index (χ3v) is 3.28. The number of benzene rings is 1. The van der Waals surface area contributed by atoms with Crippen LogP contribution in [-0.2, 0) is 4.79 Å². The molecule has 0 spiro atoms. The summed E-state index contributed by atoms with van der Waals surface area (Å²) in [6, 6.07) is 5.54. The molecule has 4 nitrogen and oxygen atoms in total. The highest BCUT2D eigenvalue weighted by Crippen LogP contribution is 2.25. The topological polar surface area (TPSA) is 55.6 Å². The Labute approximate surface area is 129 Å². The number of halogens is 1. The van der Waals surface area contributed by atoms with Gasteiger partial charge in [-0.05, 0) is 24.6 Å². The van der Waals surface area contributed by atoms with Gasteiger partial charge in [-0.15, -0.1) is 0 Å². The highest BCUT2D eigenvalue weighted by Gasteiger charge is 2.09. The van der Waals surface area contributed by atoms with Gasteiger partial charge in [-0.2, -0.15) is 0 Å². The van der Waals surface area contributed by atoms with E-state index in [4.69, 9.17) is 34.3 Å². The number of nitrogens with two attached hydrogens (primary N) is 1. The number of hydrogen-bond donors (Lipinski definition) is 1. The van der Waals surface area contributed by atoms with Crippen molar-refractivity contribution in [3.05, 3.63) is 28.8 Å². The summed E-state index contributed by atoms with van der Waals surface area (Å²) < 4.78 is 5.51. The molecule has 0 unspecified atom stereocenters. The Morgan fingerprint density at radius 1 is 1.45 bits per heavy atom. The summed E-state index contributed by atoms with van der Waals surface area (Å²) in [6.45, 7) is 2.77. The molecule has 0 atom stereocenters. The number of hydrogen-bond acceptors (Lipinski definition) is 3. The van der Waals surface area contributed by atoms with E-state index >= 15 is 0 Å². The van der Waals surface area contributed by atoms with Gasteiger partial charge < -0.3 is 15.4 Å². The zero-order chi connectivity index (χ0) is 15.1. The maximum absolute atomic E-state index is 11.8. The lowest BCUT2D eigenvalue weighted by molar-refractivity contribution is -0.130. The first-order chi connectivity index (χ1) is 9.40. The number of rotatable bonds is 7. The summed E-state index contributed by atoms with van der Waals surface area (Å²) in [5.41, 5.74) is 6.47. The van der Waals surface area contributed by atoms with Crippen molar-refractivity contribution < 1.29 is 9.53 Å². The summed E-state index contributed by atoms with van der Waals surface area (Å²) in [5, 5.41) is 0.555. The van der Waals surface area contributed by atoms with Crippen LogP contribution in [-0.4, -0.2) is 36.0 Å². The Morgan fingerprint density at radius 3 is 2.75 bits per heavy atom. The molecule has 1 amide bonds. The molecule has 0 radical (unpaired) electrons. The predicted octanol–water partition coefficient (Wildman–Crippen LogP) is 2.55. The number of carbonyl (C=O) groups is 1. The molecule has 1 rings (SSSR count). The van der Waals surface area contributed by atoms with E-state index in [0.29, 0.717) is 35.3 Å². The van der Waals surface area contributed by atoms with E-state index in [2.05, 4.69) is 0 Å². The van der Waals surface area contributed by atoms with Crippen LogP contribution >= 0.6 is 23.8 Å². The van der Waals surface area contributed by atoms with Gasteiger partial charge in [0.05, 0.1) is 23.0 Å². The van der Waals surface area contributed by atoms with E-state index in [1.165, 1.54) is 0 Å². The lowest BCUT2D eigenvalue weighted by atomic mass is 10.2. The maximum atomic E-state index is 11.8. The molecular formula is C14H19ClN2O2S. The highest BCUT2D eigenvalue weighted by atomic mass is 35.5. The number of carbonyl (C=O) groups excluding carboxylic acids is 1. The van der Waals surface area contributed by atoms with Gasteiger partial charge in [-0.1, -0.05) is 29.9 Å². The Balaban J connectivity index is 2.36. The second kappa shape index (κ2) is 8.07. The molecule has 0 aliphatic carbocycles. The summed E-state index contributed by atoms with van der Waals surface area (Å²) in [5.74, 6) is 0.584. The molecule has 0 aliphatic heterocycles.